The van der Waals surface area contributed by atoms with E-state index in [9.17, 15) is 9.59 Å². The van der Waals surface area contributed by atoms with Crippen molar-refractivity contribution in [1.29, 1.82) is 0 Å². The average molecular weight is 280 g/mol. The fraction of sp³-hybridized carbons (Fsp3) is 0.875. The van der Waals surface area contributed by atoms with E-state index in [1.165, 1.54) is 12.8 Å². The molecule has 0 aromatic rings. The number of piperazine rings is 1. The van der Waals surface area contributed by atoms with Gasteiger partial charge in [-0.2, -0.15) is 0 Å². The summed E-state index contributed by atoms with van der Waals surface area (Å²) < 4.78 is 0. The first-order valence-corrected chi connectivity index (χ1v) is 8.24. The summed E-state index contributed by atoms with van der Waals surface area (Å²) in [5, 5.41) is 3.04. The SMILES string of the molecule is CCCC1C(=O)NC(CC)(CC)C(=O)N1C1CCCC1. The van der Waals surface area contributed by atoms with Gasteiger partial charge in [-0.3, -0.25) is 9.59 Å². The molecule has 1 saturated carbocycles. The van der Waals surface area contributed by atoms with Crippen molar-refractivity contribution in [1.82, 2.24) is 10.2 Å². The Morgan fingerprint density at radius 1 is 1.15 bits per heavy atom. The number of carbonyl (C=O) groups is 2. The molecule has 1 saturated heterocycles. The van der Waals surface area contributed by atoms with Crippen molar-refractivity contribution in [3.05, 3.63) is 0 Å². The highest BCUT2D eigenvalue weighted by Gasteiger charge is 2.50. The molecule has 2 amide bonds. The van der Waals surface area contributed by atoms with Crippen molar-refractivity contribution >= 4 is 11.8 Å². The summed E-state index contributed by atoms with van der Waals surface area (Å²) in [5.74, 6) is 0.217. The van der Waals surface area contributed by atoms with Gasteiger partial charge < -0.3 is 10.2 Å². The Morgan fingerprint density at radius 2 is 1.75 bits per heavy atom. The Hall–Kier alpha value is -1.06. The number of nitrogens with zero attached hydrogens (tertiary/aromatic N) is 1. The van der Waals surface area contributed by atoms with Gasteiger partial charge in [-0.05, 0) is 32.1 Å². The molecule has 1 unspecified atom stereocenters. The van der Waals surface area contributed by atoms with Crippen LogP contribution in [0.4, 0.5) is 0 Å². The van der Waals surface area contributed by atoms with Crippen LogP contribution in [0.2, 0.25) is 0 Å². The Balaban J connectivity index is 2.32. The van der Waals surface area contributed by atoms with E-state index >= 15 is 0 Å². The van der Waals surface area contributed by atoms with Crippen LogP contribution >= 0.6 is 0 Å². The molecule has 0 spiro atoms. The molecule has 1 aliphatic carbocycles. The van der Waals surface area contributed by atoms with E-state index in [-0.39, 0.29) is 23.9 Å². The third kappa shape index (κ3) is 2.45. The molecule has 1 aliphatic heterocycles. The summed E-state index contributed by atoms with van der Waals surface area (Å²) in [4.78, 5) is 27.5. The largest absolute Gasteiger partial charge is 0.340 e. The van der Waals surface area contributed by atoms with Gasteiger partial charge in [0.05, 0.1) is 0 Å². The fourth-order valence-corrected chi connectivity index (χ4v) is 3.76. The van der Waals surface area contributed by atoms with Gasteiger partial charge in [0.2, 0.25) is 11.8 Å². The van der Waals surface area contributed by atoms with E-state index in [1.54, 1.807) is 0 Å². The summed E-state index contributed by atoms with van der Waals surface area (Å²) >= 11 is 0. The Labute approximate surface area is 122 Å². The van der Waals surface area contributed by atoms with E-state index in [4.69, 9.17) is 0 Å². The molecule has 0 aromatic heterocycles. The highest BCUT2D eigenvalue weighted by Crippen LogP contribution is 2.33. The molecule has 1 atom stereocenters. The van der Waals surface area contributed by atoms with Gasteiger partial charge in [0, 0.05) is 6.04 Å². The van der Waals surface area contributed by atoms with Crippen LogP contribution in [0.25, 0.3) is 0 Å². The lowest BCUT2D eigenvalue weighted by Crippen LogP contribution is -2.71. The van der Waals surface area contributed by atoms with Gasteiger partial charge >= 0.3 is 0 Å². The lowest BCUT2D eigenvalue weighted by molar-refractivity contribution is -0.158. The topological polar surface area (TPSA) is 49.4 Å². The first kappa shape index (κ1) is 15.3. The summed E-state index contributed by atoms with van der Waals surface area (Å²) in [6.45, 7) is 6.06. The van der Waals surface area contributed by atoms with Crippen molar-refractivity contribution in [3.8, 4) is 0 Å². The zero-order chi connectivity index (χ0) is 14.8. The zero-order valence-electron chi connectivity index (χ0n) is 13.1. The van der Waals surface area contributed by atoms with Gasteiger partial charge in [-0.25, -0.2) is 0 Å². The number of carbonyl (C=O) groups excluding carboxylic acids is 2. The van der Waals surface area contributed by atoms with Crippen LogP contribution in [0.5, 0.6) is 0 Å². The maximum absolute atomic E-state index is 13.0. The molecule has 1 heterocycles. The minimum atomic E-state index is -0.663. The lowest BCUT2D eigenvalue weighted by Gasteiger charge is -2.48. The summed E-state index contributed by atoms with van der Waals surface area (Å²) in [6, 6.07) is 0.0319. The van der Waals surface area contributed by atoms with Gasteiger partial charge in [0.25, 0.3) is 0 Å². The van der Waals surface area contributed by atoms with Crippen molar-refractivity contribution in [2.24, 2.45) is 0 Å². The first-order valence-electron chi connectivity index (χ1n) is 8.24. The minimum absolute atomic E-state index is 0.0575. The van der Waals surface area contributed by atoms with Crippen LogP contribution in [0.1, 0.15) is 72.1 Å². The Kier molecular flexibility index (Phi) is 4.71. The molecule has 0 bridgehead atoms. The van der Waals surface area contributed by atoms with E-state index in [0.29, 0.717) is 12.8 Å². The number of amides is 2. The molecular weight excluding hydrogens is 252 g/mol. The molecule has 2 rings (SSSR count). The highest BCUT2D eigenvalue weighted by molar-refractivity contribution is 6.00. The van der Waals surface area contributed by atoms with E-state index < -0.39 is 5.54 Å². The quantitative estimate of drug-likeness (QED) is 0.841. The predicted octanol–water partition coefficient (Wildman–Crippen LogP) is 2.61. The van der Waals surface area contributed by atoms with Crippen LogP contribution in [0.3, 0.4) is 0 Å². The second-order valence-corrected chi connectivity index (χ2v) is 6.23. The van der Waals surface area contributed by atoms with E-state index in [0.717, 1.165) is 25.7 Å². The number of rotatable bonds is 5. The average Bonchev–Trinajstić information content (AvgIpc) is 2.97. The molecule has 2 fully saturated rings. The van der Waals surface area contributed by atoms with Crippen LogP contribution in [0.15, 0.2) is 0 Å². The van der Waals surface area contributed by atoms with Crippen molar-refractivity contribution in [2.75, 3.05) is 0 Å². The standard InChI is InChI=1S/C16H28N2O2/c1-4-9-13-14(19)17-16(5-2,6-3)15(20)18(13)12-10-7-8-11-12/h12-13H,4-11H2,1-3H3,(H,17,19). The van der Waals surface area contributed by atoms with Crippen molar-refractivity contribution in [2.45, 2.75) is 89.8 Å². The smallest absolute Gasteiger partial charge is 0.249 e. The molecule has 1 N–H and O–H groups in total. The highest BCUT2D eigenvalue weighted by atomic mass is 16.2. The van der Waals surface area contributed by atoms with Gasteiger partial charge in [-0.15, -0.1) is 0 Å². The third-order valence-electron chi connectivity index (χ3n) is 5.13. The second kappa shape index (κ2) is 6.15. The Morgan fingerprint density at radius 3 is 2.25 bits per heavy atom. The van der Waals surface area contributed by atoms with Crippen LogP contribution in [-0.2, 0) is 9.59 Å². The van der Waals surface area contributed by atoms with Gasteiger partial charge in [-0.1, -0.05) is 40.0 Å². The van der Waals surface area contributed by atoms with Crippen LogP contribution < -0.4 is 5.32 Å². The fourth-order valence-electron chi connectivity index (χ4n) is 3.76. The summed E-state index contributed by atoms with van der Waals surface area (Å²) in [6.07, 6.45) is 7.54. The number of nitrogens with one attached hydrogen (secondary N) is 1. The monoisotopic (exact) mass is 280 g/mol. The molecule has 4 nitrogen and oxygen atoms in total. The zero-order valence-corrected chi connectivity index (χ0v) is 13.1. The second-order valence-electron chi connectivity index (χ2n) is 6.23. The Bertz CT molecular complexity index is 371. The minimum Gasteiger partial charge on any atom is -0.340 e. The van der Waals surface area contributed by atoms with E-state index in [1.807, 2.05) is 18.7 Å². The van der Waals surface area contributed by atoms with Crippen molar-refractivity contribution in [3.63, 3.8) is 0 Å². The van der Waals surface area contributed by atoms with Crippen LogP contribution in [-0.4, -0.2) is 34.3 Å². The molecule has 20 heavy (non-hydrogen) atoms. The third-order valence-corrected chi connectivity index (χ3v) is 5.13. The number of hydrogen-bond acceptors (Lipinski definition) is 2. The molecule has 114 valence electrons. The lowest BCUT2D eigenvalue weighted by atomic mass is 9.85. The van der Waals surface area contributed by atoms with Gasteiger partial charge in [0.1, 0.15) is 11.6 Å². The molecular formula is C16H28N2O2. The van der Waals surface area contributed by atoms with Crippen molar-refractivity contribution < 1.29 is 9.59 Å². The molecule has 0 aromatic carbocycles. The van der Waals surface area contributed by atoms with E-state index in [2.05, 4.69) is 12.2 Å². The normalized spacial score (nSPS) is 26.9. The first-order chi connectivity index (χ1) is 9.59. The molecule has 4 heteroatoms. The number of hydrogen-bond donors (Lipinski definition) is 1. The molecule has 2 aliphatic rings. The predicted molar refractivity (Wildman–Crippen MR) is 79.3 cm³/mol. The summed E-state index contributed by atoms with van der Waals surface area (Å²) in [5.41, 5.74) is -0.663. The van der Waals surface area contributed by atoms with Gasteiger partial charge in [0.15, 0.2) is 0 Å². The van der Waals surface area contributed by atoms with Crippen LogP contribution in [0, 0.1) is 0 Å². The molecule has 0 radical (unpaired) electrons. The maximum Gasteiger partial charge on any atom is 0.249 e. The summed E-state index contributed by atoms with van der Waals surface area (Å²) in [7, 11) is 0. The maximum atomic E-state index is 13.0.